The van der Waals surface area contributed by atoms with Crippen LogP contribution in [0.5, 0.6) is 5.75 Å². The van der Waals surface area contributed by atoms with Gasteiger partial charge < -0.3 is 14.8 Å². The fraction of sp³-hybridized carbons (Fsp3) is 0.588. The van der Waals surface area contributed by atoms with Crippen molar-refractivity contribution in [1.82, 2.24) is 5.32 Å². The predicted octanol–water partition coefficient (Wildman–Crippen LogP) is 2.86. The Balaban J connectivity index is 2.33. The number of rotatable bonds is 8. The molecule has 4 nitrogen and oxygen atoms in total. The van der Waals surface area contributed by atoms with Gasteiger partial charge in [0.25, 0.3) is 0 Å². The van der Waals surface area contributed by atoms with Gasteiger partial charge in [-0.1, -0.05) is 26.0 Å². The molecule has 21 heavy (non-hydrogen) atoms. The summed E-state index contributed by atoms with van der Waals surface area (Å²) in [6.45, 7) is 9.45. The van der Waals surface area contributed by atoms with E-state index in [0.717, 1.165) is 24.3 Å². The lowest BCUT2D eigenvalue weighted by atomic mass is 10.0. The van der Waals surface area contributed by atoms with E-state index in [1.54, 1.807) is 0 Å². The van der Waals surface area contributed by atoms with Crippen molar-refractivity contribution in [3.05, 3.63) is 29.3 Å². The van der Waals surface area contributed by atoms with E-state index >= 15 is 0 Å². The molecule has 118 valence electrons. The van der Waals surface area contributed by atoms with Crippen molar-refractivity contribution in [2.24, 2.45) is 5.92 Å². The molecule has 1 atom stereocenters. The Morgan fingerprint density at radius 2 is 2.00 bits per heavy atom. The number of carbonyl (C=O) groups is 1. The van der Waals surface area contributed by atoms with E-state index < -0.39 is 0 Å². The summed E-state index contributed by atoms with van der Waals surface area (Å²) in [5, 5.41) is 3.23. The molecule has 1 unspecified atom stereocenters. The molecule has 1 aromatic rings. The largest absolute Gasteiger partial charge is 0.493 e. The van der Waals surface area contributed by atoms with Crippen molar-refractivity contribution in [3.8, 4) is 5.75 Å². The van der Waals surface area contributed by atoms with Crippen molar-refractivity contribution in [1.29, 1.82) is 0 Å². The van der Waals surface area contributed by atoms with Crippen LogP contribution >= 0.6 is 0 Å². The average molecular weight is 293 g/mol. The number of aryl methyl sites for hydroxylation is 2. The summed E-state index contributed by atoms with van der Waals surface area (Å²) in [6.07, 6.45) is 0.841. The molecular weight excluding hydrogens is 266 g/mol. The molecule has 4 heteroatoms. The first-order chi connectivity index (χ1) is 9.95. The van der Waals surface area contributed by atoms with Crippen molar-refractivity contribution in [2.45, 2.75) is 40.2 Å². The zero-order chi connectivity index (χ0) is 15.8. The minimum Gasteiger partial charge on any atom is -0.493 e. The van der Waals surface area contributed by atoms with Crippen LogP contribution in [0.3, 0.4) is 0 Å². The number of esters is 1. The Morgan fingerprint density at radius 1 is 1.29 bits per heavy atom. The Labute approximate surface area is 127 Å². The quantitative estimate of drug-likeness (QED) is 0.591. The van der Waals surface area contributed by atoms with Crippen LogP contribution in [0.25, 0.3) is 0 Å². The molecule has 0 heterocycles. The van der Waals surface area contributed by atoms with E-state index in [9.17, 15) is 4.79 Å². The van der Waals surface area contributed by atoms with E-state index in [0.29, 0.717) is 6.61 Å². The first-order valence-corrected chi connectivity index (χ1v) is 7.47. The Hall–Kier alpha value is -1.55. The first kappa shape index (κ1) is 17.5. The highest BCUT2D eigenvalue weighted by molar-refractivity contribution is 5.75. The summed E-state index contributed by atoms with van der Waals surface area (Å²) >= 11 is 0. The van der Waals surface area contributed by atoms with Crippen LogP contribution in [0, 0.1) is 19.8 Å². The number of hydrogen-bond acceptors (Lipinski definition) is 4. The molecule has 0 spiro atoms. The fourth-order valence-electron chi connectivity index (χ4n) is 2.09. The molecular formula is C17H27NO3. The second kappa shape index (κ2) is 8.67. The van der Waals surface area contributed by atoms with Crippen molar-refractivity contribution < 1.29 is 14.3 Å². The SMILES string of the molecule is COC(=O)C(NCCCOc1cc(C)ccc1C)C(C)C. The first-order valence-electron chi connectivity index (χ1n) is 7.47. The van der Waals surface area contributed by atoms with Crippen LogP contribution in [0.15, 0.2) is 18.2 Å². The third-order valence-corrected chi connectivity index (χ3v) is 3.41. The number of ether oxygens (including phenoxy) is 2. The maximum atomic E-state index is 11.6. The molecule has 0 aromatic heterocycles. The monoisotopic (exact) mass is 293 g/mol. The molecule has 0 radical (unpaired) electrons. The van der Waals surface area contributed by atoms with Crippen molar-refractivity contribution in [2.75, 3.05) is 20.3 Å². The number of carbonyl (C=O) groups excluding carboxylic acids is 1. The Morgan fingerprint density at radius 3 is 2.62 bits per heavy atom. The third kappa shape index (κ3) is 5.76. The van der Waals surface area contributed by atoms with Gasteiger partial charge in [-0.05, 0) is 49.9 Å². The van der Waals surface area contributed by atoms with E-state index in [-0.39, 0.29) is 17.9 Å². The summed E-state index contributed by atoms with van der Waals surface area (Å²) in [5.74, 6) is 0.932. The third-order valence-electron chi connectivity index (χ3n) is 3.41. The standard InChI is InChI=1S/C17H27NO3/c1-12(2)16(17(19)20-5)18-9-6-10-21-15-11-13(3)7-8-14(15)4/h7-8,11-12,16,18H,6,9-10H2,1-5H3. The number of methoxy groups -OCH3 is 1. The van der Waals surface area contributed by atoms with Crippen LogP contribution in [0.4, 0.5) is 0 Å². The number of hydrogen-bond donors (Lipinski definition) is 1. The van der Waals surface area contributed by atoms with Crippen LogP contribution in [-0.4, -0.2) is 32.3 Å². The summed E-state index contributed by atoms with van der Waals surface area (Å²) < 4.78 is 10.6. The fourth-order valence-corrected chi connectivity index (χ4v) is 2.09. The van der Waals surface area contributed by atoms with Crippen molar-refractivity contribution >= 4 is 5.97 Å². The summed E-state index contributed by atoms with van der Waals surface area (Å²) in [6, 6.07) is 5.94. The summed E-state index contributed by atoms with van der Waals surface area (Å²) in [7, 11) is 1.42. The Bertz CT molecular complexity index is 457. The molecule has 1 aromatic carbocycles. The van der Waals surface area contributed by atoms with Gasteiger partial charge in [0, 0.05) is 0 Å². The predicted molar refractivity (Wildman–Crippen MR) is 84.7 cm³/mol. The zero-order valence-corrected chi connectivity index (χ0v) is 13.7. The lowest BCUT2D eigenvalue weighted by Gasteiger charge is -2.19. The van der Waals surface area contributed by atoms with Gasteiger partial charge in [0.1, 0.15) is 11.8 Å². The molecule has 0 saturated heterocycles. The van der Waals surface area contributed by atoms with Gasteiger partial charge in [-0.15, -0.1) is 0 Å². The minimum atomic E-state index is -0.254. The average Bonchev–Trinajstić information content (AvgIpc) is 2.45. The van der Waals surface area contributed by atoms with E-state index in [2.05, 4.69) is 24.4 Å². The zero-order valence-electron chi connectivity index (χ0n) is 13.7. The molecule has 0 aliphatic heterocycles. The Kier molecular flexibility index (Phi) is 7.23. The minimum absolute atomic E-state index is 0.206. The van der Waals surface area contributed by atoms with Gasteiger partial charge in [-0.3, -0.25) is 4.79 Å². The maximum Gasteiger partial charge on any atom is 0.323 e. The smallest absolute Gasteiger partial charge is 0.323 e. The van der Waals surface area contributed by atoms with Crippen LogP contribution in [-0.2, 0) is 9.53 Å². The molecule has 0 saturated carbocycles. The second-order valence-corrected chi connectivity index (χ2v) is 5.67. The highest BCUT2D eigenvalue weighted by Gasteiger charge is 2.21. The number of nitrogens with one attached hydrogen (secondary N) is 1. The molecule has 1 N–H and O–H groups in total. The molecule has 0 aliphatic rings. The highest BCUT2D eigenvalue weighted by atomic mass is 16.5. The van der Waals surface area contributed by atoms with E-state index in [1.807, 2.05) is 26.8 Å². The number of benzene rings is 1. The van der Waals surface area contributed by atoms with Crippen LogP contribution < -0.4 is 10.1 Å². The van der Waals surface area contributed by atoms with Gasteiger partial charge in [0.2, 0.25) is 0 Å². The molecule has 1 rings (SSSR count). The molecule has 0 fully saturated rings. The normalized spacial score (nSPS) is 12.3. The van der Waals surface area contributed by atoms with E-state index in [4.69, 9.17) is 9.47 Å². The maximum absolute atomic E-state index is 11.6. The molecule has 0 bridgehead atoms. The van der Waals surface area contributed by atoms with Crippen molar-refractivity contribution in [3.63, 3.8) is 0 Å². The van der Waals surface area contributed by atoms with Gasteiger partial charge >= 0.3 is 5.97 Å². The van der Waals surface area contributed by atoms with Gasteiger partial charge in [-0.2, -0.15) is 0 Å². The summed E-state index contributed by atoms with van der Waals surface area (Å²) in [4.78, 5) is 11.6. The summed E-state index contributed by atoms with van der Waals surface area (Å²) in [5.41, 5.74) is 2.34. The lowest BCUT2D eigenvalue weighted by Crippen LogP contribution is -2.42. The van der Waals surface area contributed by atoms with Gasteiger partial charge in [-0.25, -0.2) is 0 Å². The lowest BCUT2D eigenvalue weighted by molar-refractivity contribution is -0.144. The second-order valence-electron chi connectivity index (χ2n) is 5.67. The van der Waals surface area contributed by atoms with E-state index in [1.165, 1.54) is 12.7 Å². The van der Waals surface area contributed by atoms with Crippen LogP contribution in [0.1, 0.15) is 31.4 Å². The molecule has 0 amide bonds. The van der Waals surface area contributed by atoms with Crippen LogP contribution in [0.2, 0.25) is 0 Å². The van der Waals surface area contributed by atoms with Gasteiger partial charge in [0.05, 0.1) is 13.7 Å². The highest BCUT2D eigenvalue weighted by Crippen LogP contribution is 2.19. The van der Waals surface area contributed by atoms with Gasteiger partial charge in [0.15, 0.2) is 0 Å². The molecule has 0 aliphatic carbocycles. The topological polar surface area (TPSA) is 47.6 Å².